The number of ether oxygens (including phenoxy) is 1. The van der Waals surface area contributed by atoms with Crippen molar-refractivity contribution in [3.8, 4) is 0 Å². The van der Waals surface area contributed by atoms with Crippen molar-refractivity contribution in [3.05, 3.63) is 0 Å². The monoisotopic (exact) mass is 521 g/mol. The number of nitrogens with one attached hydrogen (secondary N) is 1. The zero-order valence-corrected chi connectivity index (χ0v) is 21.0. The number of piperazine rings is 1. The minimum atomic E-state index is -0.425. The van der Waals surface area contributed by atoms with Crippen LogP contribution in [0, 0.1) is 5.41 Å². The molecule has 1 aliphatic carbocycles. The molecule has 0 atom stereocenters. The summed E-state index contributed by atoms with van der Waals surface area (Å²) in [6, 6.07) is 0. The van der Waals surface area contributed by atoms with Gasteiger partial charge in [-0.2, -0.15) is 0 Å². The molecule has 1 saturated carbocycles. The number of hydrogen-bond acceptors (Lipinski definition) is 4. The smallest absolute Gasteiger partial charge is 0.410 e. The predicted octanol–water partition coefficient (Wildman–Crippen LogP) is 3.00. The molecule has 0 radical (unpaired) electrons. The Labute approximate surface area is 193 Å². The van der Waals surface area contributed by atoms with Crippen LogP contribution in [0.4, 0.5) is 4.79 Å². The first-order valence-electron chi connectivity index (χ1n) is 11.0. The molecule has 29 heavy (non-hydrogen) atoms. The van der Waals surface area contributed by atoms with E-state index in [1.165, 1.54) is 32.2 Å². The van der Waals surface area contributed by atoms with Gasteiger partial charge in [0.15, 0.2) is 5.96 Å². The Morgan fingerprint density at radius 1 is 1.07 bits per heavy atom. The average Bonchev–Trinajstić information content (AvgIpc) is 3.07. The minimum Gasteiger partial charge on any atom is -0.444 e. The molecule has 0 bridgehead atoms. The van der Waals surface area contributed by atoms with E-state index < -0.39 is 5.60 Å². The first kappa shape index (κ1) is 24.5. The first-order chi connectivity index (χ1) is 13.3. The number of rotatable bonds is 4. The van der Waals surface area contributed by atoms with E-state index in [9.17, 15) is 4.79 Å². The average molecular weight is 521 g/mol. The molecule has 7 nitrogen and oxygen atoms in total. The molecule has 1 spiro atoms. The maximum atomic E-state index is 12.1. The summed E-state index contributed by atoms with van der Waals surface area (Å²) < 4.78 is 5.47. The van der Waals surface area contributed by atoms with E-state index in [2.05, 4.69) is 20.1 Å². The summed E-state index contributed by atoms with van der Waals surface area (Å²) in [6.07, 6.45) is 6.43. The van der Waals surface area contributed by atoms with E-state index in [-0.39, 0.29) is 30.1 Å². The second-order valence-electron chi connectivity index (χ2n) is 9.66. The standard InChI is InChI=1S/C21H39N5O2.HI/c1-20(2,3)28-19(27)25-15-13-24(14-16-25)11-6-10-23-18(22-4)26-12-9-21(17-26)7-5-8-21;/h5-17H2,1-4H3,(H,22,23);1H. The van der Waals surface area contributed by atoms with Crippen molar-refractivity contribution in [2.75, 3.05) is 59.4 Å². The summed E-state index contributed by atoms with van der Waals surface area (Å²) >= 11 is 0. The van der Waals surface area contributed by atoms with Crippen LogP contribution in [-0.2, 0) is 4.74 Å². The fourth-order valence-corrected chi connectivity index (χ4v) is 4.52. The van der Waals surface area contributed by atoms with Gasteiger partial charge < -0.3 is 19.9 Å². The molecule has 3 rings (SSSR count). The summed E-state index contributed by atoms with van der Waals surface area (Å²) in [5.74, 6) is 1.07. The summed E-state index contributed by atoms with van der Waals surface area (Å²) in [7, 11) is 1.89. The molecule has 8 heteroatoms. The third kappa shape index (κ3) is 6.87. The van der Waals surface area contributed by atoms with Crippen molar-refractivity contribution in [1.82, 2.24) is 20.0 Å². The summed E-state index contributed by atoms with van der Waals surface area (Å²) in [5.41, 5.74) is 0.178. The van der Waals surface area contributed by atoms with E-state index in [0.29, 0.717) is 5.41 Å². The zero-order valence-electron chi connectivity index (χ0n) is 18.7. The van der Waals surface area contributed by atoms with Crippen LogP contribution in [0.1, 0.15) is 52.9 Å². The number of hydrogen-bond donors (Lipinski definition) is 1. The zero-order chi connectivity index (χ0) is 20.2. The molecule has 2 aliphatic heterocycles. The van der Waals surface area contributed by atoms with Crippen molar-refractivity contribution in [3.63, 3.8) is 0 Å². The van der Waals surface area contributed by atoms with Crippen molar-refractivity contribution < 1.29 is 9.53 Å². The largest absolute Gasteiger partial charge is 0.444 e. The molecule has 0 unspecified atom stereocenters. The van der Waals surface area contributed by atoms with Crippen LogP contribution >= 0.6 is 24.0 Å². The molecular weight excluding hydrogens is 481 g/mol. The fraction of sp³-hybridized carbons (Fsp3) is 0.905. The van der Waals surface area contributed by atoms with Crippen molar-refractivity contribution in [2.45, 2.75) is 58.5 Å². The van der Waals surface area contributed by atoms with Crippen LogP contribution in [-0.4, -0.2) is 91.8 Å². The first-order valence-corrected chi connectivity index (χ1v) is 11.0. The molecule has 3 aliphatic rings. The second kappa shape index (κ2) is 10.5. The van der Waals surface area contributed by atoms with E-state index in [1.807, 2.05) is 32.7 Å². The lowest BCUT2D eigenvalue weighted by Crippen LogP contribution is -2.50. The Balaban J connectivity index is 0.00000300. The summed E-state index contributed by atoms with van der Waals surface area (Å²) in [6.45, 7) is 13.4. The van der Waals surface area contributed by atoms with Gasteiger partial charge in [0.05, 0.1) is 0 Å². The number of carbonyl (C=O) groups excluding carboxylic acids is 1. The number of carbonyl (C=O) groups is 1. The van der Waals surface area contributed by atoms with Gasteiger partial charge in [-0.15, -0.1) is 24.0 Å². The Morgan fingerprint density at radius 3 is 2.28 bits per heavy atom. The number of halogens is 1. The molecule has 1 amide bonds. The molecule has 3 fully saturated rings. The maximum absolute atomic E-state index is 12.1. The lowest BCUT2D eigenvalue weighted by Gasteiger charge is -2.38. The molecule has 0 aromatic carbocycles. The number of nitrogens with zero attached hydrogens (tertiary/aromatic N) is 4. The van der Waals surface area contributed by atoms with Crippen LogP contribution in [0.2, 0.25) is 0 Å². The van der Waals surface area contributed by atoms with Gasteiger partial charge in [-0.3, -0.25) is 9.89 Å². The van der Waals surface area contributed by atoms with Crippen molar-refractivity contribution >= 4 is 36.0 Å². The van der Waals surface area contributed by atoms with E-state index in [4.69, 9.17) is 4.74 Å². The Hall–Kier alpha value is -0.770. The lowest BCUT2D eigenvalue weighted by atomic mass is 9.68. The van der Waals surface area contributed by atoms with E-state index >= 15 is 0 Å². The van der Waals surface area contributed by atoms with Crippen LogP contribution in [0.15, 0.2) is 4.99 Å². The normalized spacial score (nSPS) is 22.3. The Kier molecular flexibility index (Phi) is 8.87. The third-order valence-electron chi connectivity index (χ3n) is 6.32. The minimum absolute atomic E-state index is 0. The van der Waals surface area contributed by atoms with Crippen LogP contribution in [0.25, 0.3) is 0 Å². The van der Waals surface area contributed by atoms with Crippen molar-refractivity contribution in [1.29, 1.82) is 0 Å². The predicted molar refractivity (Wildman–Crippen MR) is 128 cm³/mol. The van der Waals surface area contributed by atoms with Gasteiger partial charge in [-0.25, -0.2) is 4.79 Å². The topological polar surface area (TPSA) is 60.4 Å². The van der Waals surface area contributed by atoms with Gasteiger partial charge in [-0.1, -0.05) is 6.42 Å². The molecular formula is C21H40IN5O2. The quantitative estimate of drug-likeness (QED) is 0.267. The van der Waals surface area contributed by atoms with Crippen LogP contribution < -0.4 is 5.32 Å². The van der Waals surface area contributed by atoms with Gasteiger partial charge in [0.2, 0.25) is 0 Å². The fourth-order valence-electron chi connectivity index (χ4n) is 4.52. The number of likely N-dealkylation sites (tertiary alicyclic amines) is 1. The van der Waals surface area contributed by atoms with Crippen LogP contribution in [0.3, 0.4) is 0 Å². The van der Waals surface area contributed by atoms with Crippen LogP contribution in [0.5, 0.6) is 0 Å². The molecule has 0 aromatic rings. The molecule has 2 heterocycles. The highest BCUT2D eigenvalue weighted by Gasteiger charge is 2.43. The SMILES string of the molecule is CN=C(NCCCN1CCN(C(=O)OC(C)(C)C)CC1)N1CCC2(CCC2)C1.I. The summed E-state index contributed by atoms with van der Waals surface area (Å²) in [4.78, 5) is 23.3. The summed E-state index contributed by atoms with van der Waals surface area (Å²) in [5, 5.41) is 3.55. The second-order valence-corrected chi connectivity index (χ2v) is 9.66. The number of amides is 1. The van der Waals surface area contributed by atoms with Gasteiger partial charge in [0.1, 0.15) is 5.60 Å². The lowest BCUT2D eigenvalue weighted by molar-refractivity contribution is 0.0145. The highest BCUT2D eigenvalue weighted by molar-refractivity contribution is 14.0. The Morgan fingerprint density at radius 2 is 1.76 bits per heavy atom. The highest BCUT2D eigenvalue weighted by atomic mass is 127. The van der Waals surface area contributed by atoms with E-state index in [0.717, 1.165) is 58.2 Å². The van der Waals surface area contributed by atoms with Crippen molar-refractivity contribution in [2.24, 2.45) is 10.4 Å². The van der Waals surface area contributed by atoms with E-state index in [1.54, 1.807) is 0 Å². The third-order valence-corrected chi connectivity index (χ3v) is 6.32. The molecule has 0 aromatic heterocycles. The molecule has 1 N–H and O–H groups in total. The van der Waals surface area contributed by atoms with Gasteiger partial charge in [0.25, 0.3) is 0 Å². The molecule has 168 valence electrons. The molecule has 2 saturated heterocycles. The van der Waals surface area contributed by atoms with Gasteiger partial charge in [-0.05, 0) is 58.4 Å². The van der Waals surface area contributed by atoms with Gasteiger partial charge >= 0.3 is 6.09 Å². The maximum Gasteiger partial charge on any atom is 0.410 e. The van der Waals surface area contributed by atoms with Gasteiger partial charge in [0, 0.05) is 52.9 Å². The number of guanidine groups is 1. The Bertz CT molecular complexity index is 566. The number of aliphatic imine (C=N–C) groups is 1. The highest BCUT2D eigenvalue weighted by Crippen LogP contribution is 2.47.